The summed E-state index contributed by atoms with van der Waals surface area (Å²) in [5, 5.41) is 16.6. The average molecular weight is 518 g/mol. The maximum absolute atomic E-state index is 13.3. The molecule has 9 heteroatoms. The van der Waals surface area contributed by atoms with Gasteiger partial charge < -0.3 is 10.6 Å². The molecule has 0 aromatic heterocycles. The lowest BCUT2D eigenvalue weighted by atomic mass is 10.1. The van der Waals surface area contributed by atoms with Crippen LogP contribution in [0, 0.1) is 10.1 Å². The summed E-state index contributed by atoms with van der Waals surface area (Å²) >= 11 is 7.39. The van der Waals surface area contributed by atoms with Gasteiger partial charge in [-0.2, -0.15) is 0 Å². The fourth-order valence-corrected chi connectivity index (χ4v) is 4.70. The molecule has 0 aliphatic rings. The van der Waals surface area contributed by atoms with Gasteiger partial charge in [-0.05, 0) is 48.0 Å². The number of thioether (sulfide) groups is 1. The molecule has 0 heterocycles. The van der Waals surface area contributed by atoms with Crippen molar-refractivity contribution in [1.82, 2.24) is 0 Å². The molecule has 2 N–H and O–H groups in total. The van der Waals surface area contributed by atoms with Crippen LogP contribution in [0.3, 0.4) is 0 Å². The Morgan fingerprint density at radius 3 is 2.22 bits per heavy atom. The Labute approximate surface area is 216 Å². The molecule has 0 spiro atoms. The molecule has 36 heavy (non-hydrogen) atoms. The van der Waals surface area contributed by atoms with Crippen LogP contribution in [0.4, 0.5) is 17.1 Å². The van der Waals surface area contributed by atoms with E-state index in [1.54, 1.807) is 42.5 Å². The molecule has 180 valence electrons. The van der Waals surface area contributed by atoms with Crippen molar-refractivity contribution in [3.8, 4) is 0 Å². The fraction of sp³-hybridized carbons (Fsp3) is 0.0370. The number of nitrogens with one attached hydrogen (secondary N) is 2. The van der Waals surface area contributed by atoms with E-state index in [0.29, 0.717) is 16.4 Å². The Morgan fingerprint density at radius 1 is 0.806 bits per heavy atom. The molecule has 0 aliphatic heterocycles. The van der Waals surface area contributed by atoms with Crippen molar-refractivity contribution in [3.05, 3.63) is 129 Å². The van der Waals surface area contributed by atoms with E-state index in [-0.39, 0.29) is 17.2 Å². The van der Waals surface area contributed by atoms with Crippen LogP contribution in [0.2, 0.25) is 5.02 Å². The van der Waals surface area contributed by atoms with Crippen LogP contribution < -0.4 is 10.6 Å². The Morgan fingerprint density at radius 2 is 1.50 bits per heavy atom. The Kier molecular flexibility index (Phi) is 7.99. The number of hydrogen-bond acceptors (Lipinski definition) is 5. The van der Waals surface area contributed by atoms with E-state index >= 15 is 0 Å². The van der Waals surface area contributed by atoms with Crippen LogP contribution in [0.1, 0.15) is 21.2 Å². The molecule has 0 saturated carbocycles. The number of benzene rings is 4. The Bertz CT molecular complexity index is 1420. The second-order valence-corrected chi connectivity index (χ2v) is 9.31. The summed E-state index contributed by atoms with van der Waals surface area (Å²) in [4.78, 5) is 37.2. The maximum Gasteiger partial charge on any atom is 0.270 e. The van der Waals surface area contributed by atoms with Gasteiger partial charge in [-0.3, -0.25) is 19.7 Å². The number of nitrogens with zero attached hydrogens (tertiary/aromatic N) is 1. The van der Waals surface area contributed by atoms with Gasteiger partial charge in [0.05, 0.1) is 4.92 Å². The molecule has 4 aromatic rings. The quantitative estimate of drug-likeness (QED) is 0.149. The third kappa shape index (κ3) is 6.50. The molecule has 0 aliphatic carbocycles. The van der Waals surface area contributed by atoms with Gasteiger partial charge in [-0.1, -0.05) is 60.1 Å². The summed E-state index contributed by atoms with van der Waals surface area (Å²) in [6.07, 6.45) is 0. The molecule has 2 amide bonds. The summed E-state index contributed by atoms with van der Waals surface area (Å²) in [6, 6.07) is 28.9. The van der Waals surface area contributed by atoms with E-state index in [4.69, 9.17) is 11.6 Å². The number of nitro benzene ring substituents is 1. The highest BCUT2D eigenvalue weighted by Gasteiger charge is 2.22. The summed E-state index contributed by atoms with van der Waals surface area (Å²) in [7, 11) is 0. The highest BCUT2D eigenvalue weighted by molar-refractivity contribution is 8.00. The highest BCUT2D eigenvalue weighted by Crippen LogP contribution is 2.37. The average Bonchev–Trinajstić information content (AvgIpc) is 2.88. The number of hydrogen-bond donors (Lipinski definition) is 2. The molecule has 4 rings (SSSR count). The first-order valence-electron chi connectivity index (χ1n) is 10.8. The minimum absolute atomic E-state index is 0.164. The number of carbonyl (C=O) groups is 2. The zero-order valence-electron chi connectivity index (χ0n) is 18.8. The third-order valence-corrected chi connectivity index (χ3v) is 6.58. The van der Waals surface area contributed by atoms with Gasteiger partial charge in [0.1, 0.15) is 5.25 Å². The number of amides is 2. The van der Waals surface area contributed by atoms with E-state index in [2.05, 4.69) is 10.6 Å². The smallest absolute Gasteiger partial charge is 0.270 e. The fourth-order valence-electron chi connectivity index (χ4n) is 3.42. The zero-order chi connectivity index (χ0) is 25.5. The number of rotatable bonds is 8. The largest absolute Gasteiger partial charge is 0.325 e. The summed E-state index contributed by atoms with van der Waals surface area (Å²) in [6.45, 7) is 0. The van der Waals surface area contributed by atoms with Gasteiger partial charge in [0, 0.05) is 39.0 Å². The van der Waals surface area contributed by atoms with Crippen molar-refractivity contribution in [2.75, 3.05) is 10.6 Å². The third-order valence-electron chi connectivity index (χ3n) is 5.10. The monoisotopic (exact) mass is 517 g/mol. The molecular formula is C27H20ClN3O4S. The molecule has 0 saturated heterocycles. The summed E-state index contributed by atoms with van der Waals surface area (Å²) in [5.41, 5.74) is 1.91. The number of nitro groups is 1. The van der Waals surface area contributed by atoms with Gasteiger partial charge in [-0.15, -0.1) is 11.8 Å². The van der Waals surface area contributed by atoms with Crippen molar-refractivity contribution in [2.45, 2.75) is 10.1 Å². The normalized spacial score (nSPS) is 11.4. The van der Waals surface area contributed by atoms with Crippen molar-refractivity contribution < 1.29 is 14.5 Å². The molecule has 1 atom stereocenters. The van der Waals surface area contributed by atoms with Crippen LogP contribution in [0.25, 0.3) is 0 Å². The van der Waals surface area contributed by atoms with Crippen LogP contribution in [-0.4, -0.2) is 16.7 Å². The van der Waals surface area contributed by atoms with E-state index in [1.807, 2.05) is 36.4 Å². The predicted molar refractivity (Wildman–Crippen MR) is 143 cm³/mol. The van der Waals surface area contributed by atoms with Crippen LogP contribution in [0.5, 0.6) is 0 Å². The van der Waals surface area contributed by atoms with Crippen LogP contribution in [0.15, 0.2) is 108 Å². The number of anilines is 2. The second-order valence-electron chi connectivity index (χ2n) is 7.70. The Balaban J connectivity index is 1.54. The lowest BCUT2D eigenvalue weighted by Crippen LogP contribution is -2.19. The zero-order valence-corrected chi connectivity index (χ0v) is 20.3. The SMILES string of the molecule is O=C(Nc1cccc(SC(C(=O)Nc2cccc(Cl)c2)c2ccccc2)c1)c1cccc([N+](=O)[O-])c1. The topological polar surface area (TPSA) is 101 Å². The molecular weight excluding hydrogens is 498 g/mol. The summed E-state index contributed by atoms with van der Waals surface area (Å²) < 4.78 is 0. The lowest BCUT2D eigenvalue weighted by molar-refractivity contribution is -0.384. The molecule has 0 bridgehead atoms. The second kappa shape index (κ2) is 11.5. The first-order valence-corrected chi connectivity index (χ1v) is 12.1. The van der Waals surface area contributed by atoms with Crippen molar-refractivity contribution in [2.24, 2.45) is 0 Å². The van der Waals surface area contributed by atoms with Crippen molar-refractivity contribution in [3.63, 3.8) is 0 Å². The first-order chi connectivity index (χ1) is 17.4. The van der Waals surface area contributed by atoms with Crippen molar-refractivity contribution in [1.29, 1.82) is 0 Å². The molecule has 0 radical (unpaired) electrons. The number of carbonyl (C=O) groups excluding carboxylic acids is 2. The molecule has 7 nitrogen and oxygen atoms in total. The lowest BCUT2D eigenvalue weighted by Gasteiger charge is -2.18. The van der Waals surface area contributed by atoms with E-state index in [1.165, 1.54) is 36.0 Å². The van der Waals surface area contributed by atoms with E-state index in [0.717, 1.165) is 10.5 Å². The molecule has 4 aromatic carbocycles. The number of halogens is 1. The number of non-ortho nitro benzene ring substituents is 1. The van der Waals surface area contributed by atoms with Gasteiger partial charge in [-0.25, -0.2) is 0 Å². The van der Waals surface area contributed by atoms with Gasteiger partial charge in [0.15, 0.2) is 0 Å². The summed E-state index contributed by atoms with van der Waals surface area (Å²) in [5.74, 6) is -0.696. The maximum atomic E-state index is 13.3. The van der Waals surface area contributed by atoms with Gasteiger partial charge in [0.25, 0.3) is 11.6 Å². The van der Waals surface area contributed by atoms with Crippen LogP contribution in [-0.2, 0) is 4.79 Å². The van der Waals surface area contributed by atoms with Crippen LogP contribution >= 0.6 is 23.4 Å². The highest BCUT2D eigenvalue weighted by atomic mass is 35.5. The molecule has 1 unspecified atom stereocenters. The van der Waals surface area contributed by atoms with E-state index in [9.17, 15) is 19.7 Å². The van der Waals surface area contributed by atoms with Gasteiger partial charge in [0.2, 0.25) is 5.91 Å². The van der Waals surface area contributed by atoms with Gasteiger partial charge >= 0.3 is 0 Å². The van der Waals surface area contributed by atoms with Crippen molar-refractivity contribution >= 4 is 52.2 Å². The predicted octanol–water partition coefficient (Wildman–Crippen LogP) is 6.97. The van der Waals surface area contributed by atoms with E-state index < -0.39 is 16.1 Å². The Hall–Kier alpha value is -4.14. The molecule has 0 fully saturated rings. The first kappa shape index (κ1) is 25.0. The minimum atomic E-state index is -0.576. The standard InChI is InChI=1S/C27H20ClN3O4S/c28-20-10-5-11-21(16-20)30-27(33)25(18-7-2-1-3-8-18)36-24-14-6-12-22(17-24)29-26(32)19-9-4-13-23(15-19)31(34)35/h1-17,25H,(H,29,32)(H,30,33). The minimum Gasteiger partial charge on any atom is -0.325 e.